The summed E-state index contributed by atoms with van der Waals surface area (Å²) in [6, 6.07) is 13.7. The summed E-state index contributed by atoms with van der Waals surface area (Å²) in [6.07, 6.45) is -4.11. The normalized spacial score (nSPS) is 17.6. The third kappa shape index (κ3) is 4.94. The van der Waals surface area contributed by atoms with E-state index in [2.05, 4.69) is 20.5 Å². The summed E-state index contributed by atoms with van der Waals surface area (Å²) in [7, 11) is -4.02. The summed E-state index contributed by atoms with van der Waals surface area (Å²) >= 11 is 0. The van der Waals surface area contributed by atoms with E-state index >= 15 is 0 Å². The molecule has 1 aromatic heterocycles. The fourth-order valence-electron chi connectivity index (χ4n) is 3.53. The maximum atomic E-state index is 13.1. The van der Waals surface area contributed by atoms with Crippen molar-refractivity contribution in [2.75, 3.05) is 13.1 Å². The van der Waals surface area contributed by atoms with E-state index in [1.165, 1.54) is 17.7 Å². The molecule has 0 unspecified atom stereocenters. The van der Waals surface area contributed by atoms with Crippen LogP contribution in [-0.4, -0.2) is 47.4 Å². The zero-order valence-corrected chi connectivity index (χ0v) is 18.5. The lowest BCUT2D eigenvalue weighted by molar-refractivity contribution is -0.162. The molecule has 2 fully saturated rings. The van der Waals surface area contributed by atoms with Crippen molar-refractivity contribution < 1.29 is 26.1 Å². The summed E-state index contributed by atoms with van der Waals surface area (Å²) < 4.78 is 68.8. The molecular formula is C22H23F3N4O3S. The predicted molar refractivity (Wildman–Crippen MR) is 115 cm³/mol. The van der Waals surface area contributed by atoms with Gasteiger partial charge in [0.25, 0.3) is 10.1 Å². The highest BCUT2D eigenvalue weighted by Crippen LogP contribution is 2.57. The van der Waals surface area contributed by atoms with Crippen LogP contribution in [0.25, 0.3) is 11.4 Å². The van der Waals surface area contributed by atoms with Crippen molar-refractivity contribution in [3.8, 4) is 11.4 Å². The fraction of sp³-hybridized carbons (Fsp3) is 0.364. The minimum absolute atomic E-state index is 0.0666. The van der Waals surface area contributed by atoms with Crippen LogP contribution in [0.3, 0.4) is 0 Å². The molecular weight excluding hydrogens is 457 g/mol. The fourth-order valence-corrected chi connectivity index (χ4v) is 4.01. The van der Waals surface area contributed by atoms with Crippen LogP contribution in [0.5, 0.6) is 0 Å². The lowest BCUT2D eigenvalue weighted by Crippen LogP contribution is -2.39. The van der Waals surface area contributed by atoms with Gasteiger partial charge in [0.1, 0.15) is 11.2 Å². The first-order valence-corrected chi connectivity index (χ1v) is 11.8. The molecule has 33 heavy (non-hydrogen) atoms. The number of nitrogens with one attached hydrogen (secondary N) is 2. The summed E-state index contributed by atoms with van der Waals surface area (Å²) in [5.74, 6) is 0.852. The van der Waals surface area contributed by atoms with E-state index in [4.69, 9.17) is 4.55 Å². The third-order valence-electron chi connectivity index (χ3n) is 5.99. The molecule has 11 heteroatoms. The molecule has 7 nitrogen and oxygen atoms in total. The Morgan fingerprint density at radius 1 is 1.00 bits per heavy atom. The standard InChI is InChI=1S/C15H15F3N4.C7H8O3S/c16-15(17,18)14(5-6-14)13-20-12(21-22-13)10-3-1-9(2-4-10)11-7-19-8-11;1-6-2-4-7(5-3-6)11(8,9)10/h1-4,11,19H,5-8H2,(H,20,21,22);2-5H,1H3,(H,8,9,10). The number of halogens is 3. The van der Waals surface area contributed by atoms with Gasteiger partial charge in [-0.2, -0.15) is 21.6 Å². The van der Waals surface area contributed by atoms with Crippen molar-refractivity contribution in [3.63, 3.8) is 0 Å². The Morgan fingerprint density at radius 3 is 2.06 bits per heavy atom. The highest BCUT2D eigenvalue weighted by atomic mass is 32.2. The molecule has 3 aromatic rings. The van der Waals surface area contributed by atoms with Gasteiger partial charge in [-0.15, -0.1) is 10.2 Å². The molecule has 0 spiro atoms. The number of rotatable bonds is 4. The number of hydrogen-bond donors (Lipinski definition) is 3. The first kappa shape index (κ1) is 23.4. The van der Waals surface area contributed by atoms with Crippen molar-refractivity contribution in [1.82, 2.24) is 20.5 Å². The molecule has 2 heterocycles. The second-order valence-electron chi connectivity index (χ2n) is 8.37. The number of nitrogens with zero attached hydrogens (tertiary/aromatic N) is 2. The Kier molecular flexibility index (Phi) is 6.06. The molecule has 0 amide bonds. The van der Waals surface area contributed by atoms with E-state index in [1.807, 2.05) is 31.2 Å². The van der Waals surface area contributed by atoms with Crippen LogP contribution in [0.4, 0.5) is 13.2 Å². The van der Waals surface area contributed by atoms with Crippen molar-refractivity contribution in [1.29, 1.82) is 0 Å². The van der Waals surface area contributed by atoms with Gasteiger partial charge in [-0.25, -0.2) is 0 Å². The van der Waals surface area contributed by atoms with Crippen molar-refractivity contribution in [2.24, 2.45) is 0 Å². The van der Waals surface area contributed by atoms with Gasteiger partial charge in [0.05, 0.1) is 4.90 Å². The Morgan fingerprint density at radius 2 is 1.61 bits per heavy atom. The van der Waals surface area contributed by atoms with E-state index in [0.29, 0.717) is 11.7 Å². The van der Waals surface area contributed by atoms with Gasteiger partial charge in [-0.3, -0.25) is 4.55 Å². The first-order valence-electron chi connectivity index (χ1n) is 10.3. The molecule has 1 saturated heterocycles. The van der Waals surface area contributed by atoms with Crippen LogP contribution >= 0.6 is 0 Å². The maximum absolute atomic E-state index is 13.1. The van der Waals surface area contributed by atoms with Crippen LogP contribution in [0, 0.1) is 6.92 Å². The Labute approximate surface area is 189 Å². The molecule has 1 aliphatic carbocycles. The van der Waals surface area contributed by atoms with Gasteiger partial charge in [-0.05, 0) is 37.5 Å². The summed E-state index contributed by atoms with van der Waals surface area (Å²) in [6.45, 7) is 3.79. The highest BCUT2D eigenvalue weighted by molar-refractivity contribution is 7.85. The topological polar surface area (TPSA) is 108 Å². The molecule has 2 aromatic carbocycles. The maximum Gasteiger partial charge on any atom is 0.401 e. The SMILES string of the molecule is Cc1ccc(S(=O)(=O)O)cc1.FC(F)(F)C1(c2nnc(-c3ccc(C4CNC4)cc3)[nH]2)CC1. The molecule has 2 aliphatic rings. The predicted octanol–water partition coefficient (Wildman–Crippen LogP) is 3.99. The summed E-state index contributed by atoms with van der Waals surface area (Å²) in [4.78, 5) is 2.69. The molecule has 1 saturated carbocycles. The number of H-pyrrole nitrogens is 1. The van der Waals surface area contributed by atoms with E-state index in [9.17, 15) is 21.6 Å². The number of aromatic nitrogens is 3. The zero-order valence-electron chi connectivity index (χ0n) is 17.7. The number of aryl methyl sites for hydroxylation is 1. The van der Waals surface area contributed by atoms with E-state index in [1.54, 1.807) is 12.1 Å². The van der Waals surface area contributed by atoms with Crippen molar-refractivity contribution in [2.45, 2.75) is 42.2 Å². The van der Waals surface area contributed by atoms with Gasteiger partial charge in [0.2, 0.25) is 0 Å². The number of hydrogen-bond acceptors (Lipinski definition) is 5. The third-order valence-corrected chi connectivity index (χ3v) is 6.86. The molecule has 1 aliphatic heterocycles. The summed E-state index contributed by atoms with van der Waals surface area (Å²) in [5.41, 5.74) is 1.14. The zero-order chi connectivity index (χ0) is 23.9. The van der Waals surface area contributed by atoms with Crippen molar-refractivity contribution in [3.05, 3.63) is 65.5 Å². The molecule has 0 bridgehead atoms. The average molecular weight is 481 g/mol. The minimum Gasteiger partial charge on any atom is -0.324 e. The largest absolute Gasteiger partial charge is 0.401 e. The smallest absolute Gasteiger partial charge is 0.324 e. The number of alkyl halides is 3. The van der Waals surface area contributed by atoms with Gasteiger partial charge < -0.3 is 10.3 Å². The number of benzene rings is 2. The van der Waals surface area contributed by atoms with Crippen LogP contribution < -0.4 is 5.32 Å². The van der Waals surface area contributed by atoms with Crippen LogP contribution in [0.15, 0.2) is 53.4 Å². The Bertz CT molecular complexity index is 1220. The van der Waals surface area contributed by atoms with E-state index < -0.39 is 21.7 Å². The van der Waals surface area contributed by atoms with E-state index in [-0.39, 0.29) is 23.6 Å². The minimum atomic E-state index is -4.27. The second kappa shape index (κ2) is 8.54. The van der Waals surface area contributed by atoms with Gasteiger partial charge >= 0.3 is 6.18 Å². The first-order chi connectivity index (χ1) is 15.5. The van der Waals surface area contributed by atoms with Gasteiger partial charge in [0, 0.05) is 24.6 Å². The van der Waals surface area contributed by atoms with Crippen LogP contribution in [0.1, 0.15) is 35.7 Å². The molecule has 0 radical (unpaired) electrons. The average Bonchev–Trinajstić information content (AvgIpc) is 3.39. The van der Waals surface area contributed by atoms with E-state index in [0.717, 1.165) is 24.2 Å². The lowest BCUT2D eigenvalue weighted by Gasteiger charge is -2.27. The lowest BCUT2D eigenvalue weighted by atomic mass is 9.93. The highest BCUT2D eigenvalue weighted by Gasteiger charge is 2.66. The quantitative estimate of drug-likeness (QED) is 0.488. The molecule has 5 rings (SSSR count). The van der Waals surface area contributed by atoms with Crippen LogP contribution in [0.2, 0.25) is 0 Å². The molecule has 176 valence electrons. The monoisotopic (exact) mass is 480 g/mol. The Hall–Kier alpha value is -2.76. The second-order valence-corrected chi connectivity index (χ2v) is 9.79. The van der Waals surface area contributed by atoms with Crippen molar-refractivity contribution >= 4 is 10.1 Å². The van der Waals surface area contributed by atoms with Gasteiger partial charge in [-0.1, -0.05) is 42.0 Å². The molecule has 0 atom stereocenters. The van der Waals surface area contributed by atoms with Crippen LogP contribution in [-0.2, 0) is 15.5 Å². The van der Waals surface area contributed by atoms with Gasteiger partial charge in [0.15, 0.2) is 5.82 Å². The Balaban J connectivity index is 0.000000200. The number of aromatic amines is 1. The molecule has 3 N–H and O–H groups in total. The summed E-state index contributed by atoms with van der Waals surface area (Å²) in [5, 5.41) is 10.9.